The van der Waals surface area contributed by atoms with E-state index in [-0.39, 0.29) is 71.4 Å². The second kappa shape index (κ2) is 44.8. The minimum atomic E-state index is -0.498. The molecule has 7 aliphatic rings. The van der Waals surface area contributed by atoms with Gasteiger partial charge in [-0.1, -0.05) is 65.1 Å². The maximum atomic E-state index is 12.7. The molecule has 1 aliphatic carbocycles. The predicted molar refractivity (Wildman–Crippen MR) is 498 cm³/mol. The van der Waals surface area contributed by atoms with E-state index < -0.39 is 9.85 Å². The molecule has 5 fully saturated rings. The number of nitro groups is 2. The highest BCUT2D eigenvalue weighted by Crippen LogP contribution is 2.44. The largest absolute Gasteiger partial charge is 0.494 e. The molecule has 4 unspecified atom stereocenters. The van der Waals surface area contributed by atoms with Crippen LogP contribution in [0, 0.1) is 60.8 Å². The Hall–Kier alpha value is -13.6. The van der Waals surface area contributed by atoms with Gasteiger partial charge in [-0.2, -0.15) is 5.10 Å². The number of H-pyrrole nitrogens is 1. The highest BCUT2D eigenvalue weighted by molar-refractivity contribution is 6.36. The topological polar surface area (TPSA) is 507 Å². The summed E-state index contributed by atoms with van der Waals surface area (Å²) in [4.78, 5) is 89.0. The number of fused-ring (bicyclic) bond motifs is 2. The Labute approximate surface area is 786 Å². The number of ether oxygens (including phenoxy) is 9. The van der Waals surface area contributed by atoms with Crippen molar-refractivity contribution in [2.75, 3.05) is 92.9 Å². The third kappa shape index (κ3) is 23.0. The molecule has 41 nitrogen and oxygen atoms in total. The number of nitrogens with zero attached hydrogens (tertiary/aromatic N) is 20. The molecule has 6 aliphatic heterocycles. The van der Waals surface area contributed by atoms with Gasteiger partial charge in [-0.3, -0.25) is 39.7 Å². The summed E-state index contributed by atoms with van der Waals surface area (Å²) in [7, 11) is 11.0. The first-order chi connectivity index (χ1) is 64.5. The Bertz CT molecular complexity index is 6080. The summed E-state index contributed by atoms with van der Waals surface area (Å²) in [6.45, 7) is 13.3. The highest BCUT2D eigenvalue weighted by Gasteiger charge is 2.35. The van der Waals surface area contributed by atoms with Crippen LogP contribution >= 0.6 is 34.8 Å². The van der Waals surface area contributed by atoms with Crippen molar-refractivity contribution in [3.8, 4) is 85.7 Å². The summed E-state index contributed by atoms with van der Waals surface area (Å²) in [5, 5.41) is 51.4. The molecule has 3 amide bonds. The highest BCUT2D eigenvalue weighted by atomic mass is 35.5. The van der Waals surface area contributed by atoms with Gasteiger partial charge < -0.3 is 74.9 Å². The zero-order valence-corrected chi connectivity index (χ0v) is 78.5. The Balaban J connectivity index is 0.000000137. The molecule has 708 valence electrons. The molecule has 44 heteroatoms. The van der Waals surface area contributed by atoms with Gasteiger partial charge in [0.25, 0.3) is 11.8 Å². The van der Waals surface area contributed by atoms with Gasteiger partial charge in [-0.05, 0) is 185 Å². The van der Waals surface area contributed by atoms with Crippen LogP contribution in [-0.4, -0.2) is 198 Å². The molecular formula is C90H106Cl3N25O16. The number of amides is 3. The number of carbonyl (C=O) groups excluding carboxylic acids is 3. The Morgan fingerprint density at radius 1 is 0.448 bits per heavy atom. The number of carbonyl (C=O) groups is 3. The summed E-state index contributed by atoms with van der Waals surface area (Å²) in [6.07, 6.45) is 14.4. The maximum absolute atomic E-state index is 12.7. The van der Waals surface area contributed by atoms with E-state index in [1.807, 2.05) is 84.2 Å². The molecule has 5 aromatic carbocycles. The van der Waals surface area contributed by atoms with Gasteiger partial charge in [0, 0.05) is 58.6 Å². The van der Waals surface area contributed by atoms with E-state index in [4.69, 9.17) is 99.7 Å². The van der Waals surface area contributed by atoms with Crippen LogP contribution in [0.5, 0.6) is 28.7 Å². The summed E-state index contributed by atoms with van der Waals surface area (Å²) >= 11 is 17.8. The summed E-state index contributed by atoms with van der Waals surface area (Å²) in [5.74, 6) is 8.39. The molecule has 0 bridgehead atoms. The molecular weight excluding hydrogens is 1790 g/mol. The summed E-state index contributed by atoms with van der Waals surface area (Å²) < 4.78 is 57.3. The van der Waals surface area contributed by atoms with Crippen LogP contribution in [0.25, 0.3) is 56.9 Å². The van der Waals surface area contributed by atoms with Gasteiger partial charge in [0.2, 0.25) is 17.4 Å². The quantitative estimate of drug-likeness (QED) is 0.0217. The van der Waals surface area contributed by atoms with Gasteiger partial charge >= 0.3 is 11.4 Å². The molecule has 19 rings (SSSR count). The number of nitrogen functional groups attached to an aromatic ring is 2. The van der Waals surface area contributed by atoms with E-state index in [2.05, 4.69) is 65.7 Å². The number of nitro benzene ring substituents is 2. The molecule has 4 atom stereocenters. The molecule has 0 radical (unpaired) electrons. The molecule has 13 heterocycles. The lowest BCUT2D eigenvalue weighted by atomic mass is 10.1. The van der Waals surface area contributed by atoms with Crippen molar-refractivity contribution < 1.29 is 66.9 Å². The first-order valence-electron chi connectivity index (χ1n) is 43.4. The monoisotopic (exact) mass is 1900 g/mol. The molecule has 12 aromatic rings. The number of anilines is 4. The van der Waals surface area contributed by atoms with Crippen molar-refractivity contribution >= 4 is 86.6 Å². The number of aromatic amines is 1. The standard InChI is InChI=1S/C23H25ClN6O3.C15H18N4O4.2C15H20N4O2.C10H10N4O3.C8H6Cl2N2O.C4H7NO/c1-13-25-22(28-30(13)19-9-4-5-10-33-19)14-7-6-8-15(21(14)32-3)26-16-11-18(24)27-17-12-29(2)23(31)20(16)17;1-10-16-15(17-18(10)13-8-3-4-9-23-13)11-6-5-7-12(19(20)21)14(11)22-2;2*1-10-17-15(11-6-5-7-12(16)14(11)20-2)18-19(10)13-8-3-4-9-21-13;1-6-11-10(13-12-6)7-4-3-5-8(14(15)16)9(7)17-2;1-12-3-5-7(8(12)13)4(9)2-6(10)11-5;5-4(6)3-1-2-3/h6-8,11,19H,4-5,9-10,12H2,1-3H3,(H,26,27);5-7,13H,3-4,8-9H2,1-2H3;2*5-7,13H,3-4,8-9,16H2,1-2H3;3-5H,1-2H3,(H,11,12,13);2H,3H2,1H3;3H,1-2H2,(H2,5,6). The molecule has 1 saturated carbocycles. The van der Waals surface area contributed by atoms with Gasteiger partial charge in [0.05, 0.1) is 137 Å². The number of rotatable bonds is 19. The van der Waals surface area contributed by atoms with Crippen molar-refractivity contribution in [3.63, 3.8) is 0 Å². The van der Waals surface area contributed by atoms with Crippen LogP contribution in [-0.2, 0) is 36.8 Å². The Morgan fingerprint density at radius 2 is 0.791 bits per heavy atom. The number of nitrogens with two attached hydrogens (primary N) is 3. The number of nitrogens with one attached hydrogen (secondary N) is 2. The Kier molecular flexibility index (Phi) is 32.7. The van der Waals surface area contributed by atoms with Gasteiger partial charge in [0.1, 0.15) is 39.4 Å². The van der Waals surface area contributed by atoms with Gasteiger partial charge in [-0.15, -0.1) is 20.4 Å². The molecule has 0 spiro atoms. The SMILES string of the molecule is CN1Cc2nc(Cl)cc(Cl)c2C1=O.COc1c(-c2n[nH]c(C)n2)cccc1[N+](=O)[O-].COc1c(-c2nc(C)n(C3CCCCO3)n2)cccc1[N+](=O)[O-].COc1c(N)cccc1-c1nc(C)n(C2CCCCO2)n1.COc1c(N)cccc1-c1nc(C)n(C2CCCCO2)n1.COc1c(Nc2cc(Cl)nc3c2C(=O)N(C)C3)cccc1-c1nc(C)n(C2CCCCO2)n1.NC(=O)C1CC1. The minimum Gasteiger partial charge on any atom is -0.494 e. The number of methoxy groups -OCH3 is 5. The van der Waals surface area contributed by atoms with Gasteiger partial charge in [-0.25, -0.2) is 53.6 Å². The number of aromatic nitrogens is 17. The number of pyridine rings is 2. The number of para-hydroxylation sites is 5. The van der Waals surface area contributed by atoms with Crippen LogP contribution < -0.4 is 46.2 Å². The van der Waals surface area contributed by atoms with Crippen molar-refractivity contribution in [3.05, 3.63) is 190 Å². The number of halogens is 3. The predicted octanol–water partition coefficient (Wildman–Crippen LogP) is 15.8. The van der Waals surface area contributed by atoms with Crippen LogP contribution in [0.2, 0.25) is 15.3 Å². The fraction of sp³-hybridized carbons (Fsp3) is 0.411. The average molecular weight is 1900 g/mol. The van der Waals surface area contributed by atoms with E-state index in [9.17, 15) is 34.6 Å². The number of primary amides is 1. The maximum Gasteiger partial charge on any atom is 0.311 e. The fourth-order valence-electron chi connectivity index (χ4n) is 15.7. The number of benzene rings is 5. The van der Waals surface area contributed by atoms with E-state index in [0.29, 0.717) is 149 Å². The lowest BCUT2D eigenvalue weighted by Crippen LogP contribution is -2.20. The third-order valence-corrected chi connectivity index (χ3v) is 23.1. The zero-order valence-electron chi connectivity index (χ0n) is 76.2. The van der Waals surface area contributed by atoms with Crippen LogP contribution in [0.15, 0.2) is 103 Å². The number of hydrogen-bond acceptors (Lipinski definition) is 31. The van der Waals surface area contributed by atoms with Gasteiger partial charge in [0.15, 0.2) is 71.3 Å². The van der Waals surface area contributed by atoms with Crippen LogP contribution in [0.1, 0.15) is 176 Å². The lowest BCUT2D eigenvalue weighted by molar-refractivity contribution is -0.385. The first kappa shape index (κ1) is 97.9. The van der Waals surface area contributed by atoms with E-state index in [1.54, 1.807) is 99.3 Å². The van der Waals surface area contributed by atoms with Crippen molar-refractivity contribution in [2.24, 2.45) is 11.7 Å². The molecule has 7 aromatic heterocycles. The lowest BCUT2D eigenvalue weighted by Gasteiger charge is -2.23. The van der Waals surface area contributed by atoms with Crippen LogP contribution in [0.4, 0.5) is 34.1 Å². The second-order valence-corrected chi connectivity index (χ2v) is 33.1. The van der Waals surface area contributed by atoms with Crippen molar-refractivity contribution in [1.82, 2.24) is 94.0 Å². The smallest absolute Gasteiger partial charge is 0.311 e. The molecule has 8 N–H and O–H groups in total. The minimum absolute atomic E-state index is 0.0212. The second-order valence-electron chi connectivity index (χ2n) is 31.9. The molecule has 4 saturated heterocycles. The van der Waals surface area contributed by atoms with E-state index in [1.165, 1.54) is 32.4 Å². The normalized spacial score (nSPS) is 17.0. The fourth-order valence-corrected chi connectivity index (χ4v) is 16.5. The zero-order chi connectivity index (χ0) is 95.7. The third-order valence-electron chi connectivity index (χ3n) is 22.5. The van der Waals surface area contributed by atoms with E-state index >= 15 is 0 Å². The summed E-state index contributed by atoms with van der Waals surface area (Å²) in [5.41, 5.74) is 24.6. The molecule has 134 heavy (non-hydrogen) atoms. The summed E-state index contributed by atoms with van der Waals surface area (Å²) in [6, 6.07) is 29.3. The average Bonchev–Trinajstić information content (AvgIpc) is 1.61. The Morgan fingerprint density at radius 3 is 1.13 bits per heavy atom. The van der Waals surface area contributed by atoms with Crippen LogP contribution in [0.3, 0.4) is 0 Å². The number of hydrogen-bond donors (Lipinski definition) is 5. The van der Waals surface area contributed by atoms with Crippen molar-refractivity contribution in [2.45, 2.75) is 163 Å². The van der Waals surface area contributed by atoms with E-state index in [0.717, 1.165) is 144 Å². The van der Waals surface area contributed by atoms with Crippen molar-refractivity contribution in [1.29, 1.82) is 0 Å². The number of aryl methyl sites for hydroxylation is 5. The first-order valence-corrected chi connectivity index (χ1v) is 44.5.